The van der Waals surface area contributed by atoms with E-state index in [-0.39, 0.29) is 0 Å². The molecule has 16 heavy (non-hydrogen) atoms. The molecule has 0 aliphatic heterocycles. The number of nitrogens with zero attached hydrogens (tertiary/aromatic N) is 1. The van der Waals surface area contributed by atoms with Crippen molar-refractivity contribution in [1.29, 1.82) is 0 Å². The van der Waals surface area contributed by atoms with E-state index in [1.54, 1.807) is 38.1 Å². The summed E-state index contributed by atoms with van der Waals surface area (Å²) < 4.78 is 5.20. The van der Waals surface area contributed by atoms with Crippen molar-refractivity contribution in [3.05, 3.63) is 29.8 Å². The van der Waals surface area contributed by atoms with E-state index in [1.807, 2.05) is 12.1 Å². The Morgan fingerprint density at radius 2 is 1.94 bits per heavy atom. The number of likely N-dealkylation sites (N-methyl/N-ethyl adjacent to an activating group) is 1. The van der Waals surface area contributed by atoms with Gasteiger partial charge in [0.25, 0.3) is 0 Å². The average molecular weight is 223 g/mol. The van der Waals surface area contributed by atoms with E-state index >= 15 is 0 Å². The summed E-state index contributed by atoms with van der Waals surface area (Å²) in [6, 6.07) is 7.16. The molecule has 1 atom stereocenters. The maximum atomic E-state index is 11.4. The summed E-state index contributed by atoms with van der Waals surface area (Å²) in [4.78, 5) is 13.1. The van der Waals surface area contributed by atoms with Crippen molar-refractivity contribution in [2.24, 2.45) is 0 Å². The van der Waals surface area contributed by atoms with Gasteiger partial charge in [-0.2, -0.15) is 0 Å². The van der Waals surface area contributed by atoms with Gasteiger partial charge in [-0.15, -0.1) is 0 Å². The van der Waals surface area contributed by atoms with Gasteiger partial charge in [-0.25, -0.2) is 4.79 Å². The fourth-order valence-electron chi connectivity index (χ4n) is 1.59. The number of hydrogen-bond donors (Lipinski definition) is 1. The molecular formula is C12H17NO3. The molecule has 0 aliphatic carbocycles. The van der Waals surface area contributed by atoms with Gasteiger partial charge in [0.2, 0.25) is 0 Å². The summed E-state index contributed by atoms with van der Waals surface area (Å²) in [7, 11) is 5.01. The lowest BCUT2D eigenvalue weighted by Gasteiger charge is -2.33. The van der Waals surface area contributed by atoms with Crippen LogP contribution >= 0.6 is 0 Å². The van der Waals surface area contributed by atoms with Crippen molar-refractivity contribution in [3.8, 4) is 5.75 Å². The predicted molar refractivity (Wildman–Crippen MR) is 61.7 cm³/mol. The first-order valence-corrected chi connectivity index (χ1v) is 4.99. The Balaban J connectivity index is 3.37. The number of hydrogen-bond acceptors (Lipinski definition) is 3. The van der Waals surface area contributed by atoms with Crippen LogP contribution in [0.25, 0.3) is 0 Å². The topological polar surface area (TPSA) is 49.8 Å². The minimum atomic E-state index is -1.09. The Morgan fingerprint density at radius 3 is 2.38 bits per heavy atom. The second-order valence-corrected chi connectivity index (χ2v) is 3.97. The number of carboxylic acid groups (broad SMARTS) is 1. The number of aliphatic carboxylic acids is 1. The van der Waals surface area contributed by atoms with Crippen molar-refractivity contribution in [1.82, 2.24) is 4.90 Å². The zero-order valence-electron chi connectivity index (χ0n) is 10.0. The van der Waals surface area contributed by atoms with Crippen molar-refractivity contribution in [2.75, 3.05) is 21.2 Å². The predicted octanol–water partition coefficient (Wildman–Crippen LogP) is 1.56. The van der Waals surface area contributed by atoms with E-state index in [1.165, 1.54) is 7.11 Å². The monoisotopic (exact) mass is 223 g/mol. The van der Waals surface area contributed by atoms with Crippen LogP contribution in [0.4, 0.5) is 0 Å². The van der Waals surface area contributed by atoms with E-state index < -0.39 is 11.5 Å². The molecule has 0 aromatic heterocycles. The Morgan fingerprint density at radius 1 is 1.38 bits per heavy atom. The fraction of sp³-hybridized carbons (Fsp3) is 0.417. The molecule has 0 spiro atoms. The lowest BCUT2D eigenvalue weighted by atomic mass is 9.90. The molecule has 0 heterocycles. The van der Waals surface area contributed by atoms with E-state index in [4.69, 9.17) is 4.74 Å². The molecule has 4 nitrogen and oxygen atoms in total. The van der Waals surface area contributed by atoms with Gasteiger partial charge in [0.15, 0.2) is 0 Å². The molecule has 1 rings (SSSR count). The van der Waals surface area contributed by atoms with Gasteiger partial charge in [0.1, 0.15) is 11.3 Å². The second-order valence-electron chi connectivity index (χ2n) is 3.97. The first-order chi connectivity index (χ1) is 7.44. The van der Waals surface area contributed by atoms with E-state index in [9.17, 15) is 9.90 Å². The Bertz CT molecular complexity index is 390. The number of benzene rings is 1. The molecule has 4 heteroatoms. The summed E-state index contributed by atoms with van der Waals surface area (Å²) in [5.41, 5.74) is -0.443. The molecule has 0 fully saturated rings. The first kappa shape index (κ1) is 12.5. The standard InChI is InChI=1S/C12H17NO3/c1-12(11(14)15,13(2)3)9-7-5-6-8-10(9)16-4/h5-8H,1-4H3,(H,14,15)/t12-/m0/s1. The van der Waals surface area contributed by atoms with Crippen molar-refractivity contribution >= 4 is 5.97 Å². The van der Waals surface area contributed by atoms with Crippen LogP contribution in [-0.4, -0.2) is 37.2 Å². The van der Waals surface area contributed by atoms with Crippen LogP contribution in [0.1, 0.15) is 12.5 Å². The Hall–Kier alpha value is -1.55. The minimum absolute atomic E-state index is 0.584. The molecule has 88 valence electrons. The zero-order chi connectivity index (χ0) is 12.3. The maximum Gasteiger partial charge on any atom is 0.328 e. The number of carbonyl (C=O) groups is 1. The molecule has 0 unspecified atom stereocenters. The van der Waals surface area contributed by atoms with Gasteiger partial charge in [-0.05, 0) is 27.1 Å². The largest absolute Gasteiger partial charge is 0.496 e. The number of carboxylic acids is 1. The number of rotatable bonds is 4. The molecule has 0 bridgehead atoms. The maximum absolute atomic E-state index is 11.4. The smallest absolute Gasteiger partial charge is 0.328 e. The molecular weight excluding hydrogens is 206 g/mol. The van der Waals surface area contributed by atoms with Gasteiger partial charge >= 0.3 is 5.97 Å². The summed E-state index contributed by atoms with van der Waals surface area (Å²) in [5.74, 6) is -0.317. The molecule has 0 aliphatic rings. The van der Waals surface area contributed by atoms with Gasteiger partial charge in [0, 0.05) is 5.56 Å². The second kappa shape index (κ2) is 4.53. The molecule has 0 saturated heterocycles. The van der Waals surface area contributed by atoms with Crippen LogP contribution in [-0.2, 0) is 10.3 Å². The highest BCUT2D eigenvalue weighted by Gasteiger charge is 2.39. The molecule has 0 saturated carbocycles. The Labute approximate surface area is 95.5 Å². The normalized spacial score (nSPS) is 14.6. The lowest BCUT2D eigenvalue weighted by molar-refractivity contribution is -0.149. The van der Waals surface area contributed by atoms with E-state index in [2.05, 4.69) is 0 Å². The molecule has 1 aromatic carbocycles. The number of para-hydroxylation sites is 1. The molecule has 0 amide bonds. The van der Waals surface area contributed by atoms with Crippen molar-refractivity contribution in [2.45, 2.75) is 12.5 Å². The van der Waals surface area contributed by atoms with Gasteiger partial charge in [0.05, 0.1) is 7.11 Å². The quantitative estimate of drug-likeness (QED) is 0.841. The van der Waals surface area contributed by atoms with Crippen LogP contribution in [0.5, 0.6) is 5.75 Å². The highest BCUT2D eigenvalue weighted by atomic mass is 16.5. The number of ether oxygens (including phenoxy) is 1. The van der Waals surface area contributed by atoms with Crippen molar-refractivity contribution < 1.29 is 14.6 Å². The summed E-state index contributed by atoms with van der Waals surface area (Å²) in [6.07, 6.45) is 0. The molecule has 1 aromatic rings. The molecule has 0 radical (unpaired) electrons. The van der Waals surface area contributed by atoms with Gasteiger partial charge < -0.3 is 9.84 Å². The summed E-state index contributed by atoms with van der Waals surface area (Å²) in [6.45, 7) is 1.66. The van der Waals surface area contributed by atoms with Crippen LogP contribution in [0.15, 0.2) is 24.3 Å². The summed E-state index contributed by atoms with van der Waals surface area (Å²) in [5, 5.41) is 9.38. The SMILES string of the molecule is COc1ccccc1[C@@](C)(C(=O)O)N(C)C. The fourth-order valence-corrected chi connectivity index (χ4v) is 1.59. The van der Waals surface area contributed by atoms with E-state index in [0.29, 0.717) is 11.3 Å². The lowest BCUT2D eigenvalue weighted by Crippen LogP contribution is -2.45. The van der Waals surface area contributed by atoms with Crippen LogP contribution in [0.3, 0.4) is 0 Å². The first-order valence-electron chi connectivity index (χ1n) is 4.99. The highest BCUT2D eigenvalue weighted by molar-refractivity contribution is 5.81. The zero-order valence-corrected chi connectivity index (χ0v) is 10.0. The third kappa shape index (κ3) is 1.88. The van der Waals surface area contributed by atoms with Crippen LogP contribution in [0.2, 0.25) is 0 Å². The van der Waals surface area contributed by atoms with Crippen LogP contribution in [0, 0.1) is 0 Å². The average Bonchev–Trinajstić information content (AvgIpc) is 2.27. The minimum Gasteiger partial charge on any atom is -0.496 e. The third-order valence-corrected chi connectivity index (χ3v) is 2.94. The van der Waals surface area contributed by atoms with Gasteiger partial charge in [-0.1, -0.05) is 18.2 Å². The highest BCUT2D eigenvalue weighted by Crippen LogP contribution is 2.33. The molecule has 1 N–H and O–H groups in total. The van der Waals surface area contributed by atoms with Crippen molar-refractivity contribution in [3.63, 3.8) is 0 Å². The van der Waals surface area contributed by atoms with Crippen LogP contribution < -0.4 is 4.74 Å². The third-order valence-electron chi connectivity index (χ3n) is 2.94. The van der Waals surface area contributed by atoms with E-state index in [0.717, 1.165) is 0 Å². The summed E-state index contributed by atoms with van der Waals surface area (Å²) >= 11 is 0. The van der Waals surface area contributed by atoms with Gasteiger partial charge in [-0.3, -0.25) is 4.90 Å². The number of methoxy groups -OCH3 is 1. The Kier molecular flexibility index (Phi) is 3.55.